The fourth-order valence-corrected chi connectivity index (χ4v) is 3.25. The summed E-state index contributed by atoms with van der Waals surface area (Å²) in [5.41, 5.74) is 8.26. The van der Waals surface area contributed by atoms with Gasteiger partial charge in [-0.25, -0.2) is 0 Å². The van der Waals surface area contributed by atoms with Crippen LogP contribution in [0.5, 0.6) is 0 Å². The van der Waals surface area contributed by atoms with E-state index in [1.165, 1.54) is 0 Å². The van der Waals surface area contributed by atoms with E-state index in [2.05, 4.69) is 15.6 Å². The summed E-state index contributed by atoms with van der Waals surface area (Å²) in [4.78, 5) is 29.5. The molecule has 0 fully saturated rings. The Morgan fingerprint density at radius 3 is 2.13 bits per heavy atom. The standard InChI is InChI=1S/C24H26N4O2/c25-17-23(29)27-22(15-18-9-3-1-4-10-18)24(30)28-21(19-11-5-2-6-12-19)16-20-13-7-8-14-26-20/h1-14,21-22H,15-17,25H2,(H,27,29)(H,28,30)/t21?,22-/m0/s1. The maximum Gasteiger partial charge on any atom is 0.243 e. The van der Waals surface area contributed by atoms with E-state index in [0.29, 0.717) is 12.8 Å². The molecule has 0 aliphatic rings. The molecular formula is C24H26N4O2. The van der Waals surface area contributed by atoms with Gasteiger partial charge >= 0.3 is 0 Å². The molecule has 154 valence electrons. The molecule has 6 heteroatoms. The normalized spacial score (nSPS) is 12.6. The van der Waals surface area contributed by atoms with Crippen LogP contribution in [0.4, 0.5) is 0 Å². The minimum absolute atomic E-state index is 0.172. The van der Waals surface area contributed by atoms with Crippen LogP contribution < -0.4 is 16.4 Å². The summed E-state index contributed by atoms with van der Waals surface area (Å²) in [6.07, 6.45) is 2.65. The molecule has 0 aliphatic carbocycles. The van der Waals surface area contributed by atoms with Crippen molar-refractivity contribution >= 4 is 11.8 Å². The molecule has 1 unspecified atom stereocenters. The predicted octanol–water partition coefficient (Wildman–Crippen LogP) is 2.17. The van der Waals surface area contributed by atoms with Gasteiger partial charge in [0.05, 0.1) is 12.6 Å². The smallest absolute Gasteiger partial charge is 0.243 e. The third-order valence-electron chi connectivity index (χ3n) is 4.78. The van der Waals surface area contributed by atoms with Crippen molar-refractivity contribution < 1.29 is 9.59 Å². The number of hydrogen-bond donors (Lipinski definition) is 3. The SMILES string of the molecule is NCC(=O)N[C@@H](Cc1ccccc1)C(=O)NC(Cc1ccccn1)c1ccccc1. The predicted molar refractivity (Wildman–Crippen MR) is 116 cm³/mol. The zero-order chi connectivity index (χ0) is 21.2. The van der Waals surface area contributed by atoms with Crippen LogP contribution in [0, 0.1) is 0 Å². The first-order chi connectivity index (χ1) is 14.7. The van der Waals surface area contributed by atoms with Crippen molar-refractivity contribution in [3.05, 3.63) is 102 Å². The monoisotopic (exact) mass is 402 g/mol. The van der Waals surface area contributed by atoms with Crippen molar-refractivity contribution in [1.82, 2.24) is 15.6 Å². The van der Waals surface area contributed by atoms with E-state index in [0.717, 1.165) is 16.8 Å². The molecule has 0 radical (unpaired) electrons. The topological polar surface area (TPSA) is 97.1 Å². The van der Waals surface area contributed by atoms with Gasteiger partial charge in [0.25, 0.3) is 0 Å². The summed E-state index contributed by atoms with van der Waals surface area (Å²) in [6, 6.07) is 24.0. The zero-order valence-electron chi connectivity index (χ0n) is 16.7. The van der Waals surface area contributed by atoms with Crippen LogP contribution in [0.3, 0.4) is 0 Å². The molecular weight excluding hydrogens is 376 g/mol. The van der Waals surface area contributed by atoms with Gasteiger partial charge in [0.1, 0.15) is 6.04 Å². The van der Waals surface area contributed by atoms with Crippen molar-refractivity contribution in [2.24, 2.45) is 5.73 Å². The fraction of sp³-hybridized carbons (Fsp3) is 0.208. The Hall–Kier alpha value is -3.51. The molecule has 0 saturated carbocycles. The first-order valence-electron chi connectivity index (χ1n) is 9.94. The molecule has 2 atom stereocenters. The van der Waals surface area contributed by atoms with Crippen LogP contribution in [0.15, 0.2) is 85.1 Å². The lowest BCUT2D eigenvalue weighted by molar-refractivity contribution is -0.128. The van der Waals surface area contributed by atoms with E-state index in [1.54, 1.807) is 6.20 Å². The lowest BCUT2D eigenvalue weighted by atomic mass is 9.99. The molecule has 0 spiro atoms. The van der Waals surface area contributed by atoms with Crippen LogP contribution in [-0.2, 0) is 22.4 Å². The van der Waals surface area contributed by atoms with Gasteiger partial charge in [0, 0.05) is 24.7 Å². The van der Waals surface area contributed by atoms with Crippen molar-refractivity contribution in [3.8, 4) is 0 Å². The van der Waals surface area contributed by atoms with Crippen LogP contribution >= 0.6 is 0 Å². The quantitative estimate of drug-likeness (QED) is 0.511. The highest BCUT2D eigenvalue weighted by Crippen LogP contribution is 2.18. The number of nitrogens with two attached hydrogens (primary N) is 1. The largest absolute Gasteiger partial charge is 0.347 e. The zero-order valence-corrected chi connectivity index (χ0v) is 16.7. The molecule has 2 amide bonds. The number of rotatable bonds is 9. The number of carbonyl (C=O) groups excluding carboxylic acids is 2. The molecule has 4 N–H and O–H groups in total. The maximum atomic E-state index is 13.2. The van der Waals surface area contributed by atoms with Crippen LogP contribution in [0.2, 0.25) is 0 Å². The fourth-order valence-electron chi connectivity index (χ4n) is 3.25. The van der Waals surface area contributed by atoms with E-state index in [-0.39, 0.29) is 24.4 Å². The first-order valence-corrected chi connectivity index (χ1v) is 9.94. The average Bonchev–Trinajstić information content (AvgIpc) is 2.80. The molecule has 2 aromatic carbocycles. The first kappa shape index (κ1) is 21.2. The van der Waals surface area contributed by atoms with Gasteiger partial charge in [0.15, 0.2) is 0 Å². The van der Waals surface area contributed by atoms with Crippen LogP contribution in [-0.4, -0.2) is 29.4 Å². The van der Waals surface area contributed by atoms with E-state index in [1.807, 2.05) is 78.9 Å². The minimum atomic E-state index is -0.724. The highest BCUT2D eigenvalue weighted by atomic mass is 16.2. The molecule has 1 heterocycles. The van der Waals surface area contributed by atoms with E-state index in [4.69, 9.17) is 5.73 Å². The molecule has 30 heavy (non-hydrogen) atoms. The minimum Gasteiger partial charge on any atom is -0.347 e. The Morgan fingerprint density at radius 1 is 0.833 bits per heavy atom. The Kier molecular flexibility index (Phi) is 7.69. The number of hydrogen-bond acceptors (Lipinski definition) is 4. The number of amides is 2. The second-order valence-electron chi connectivity index (χ2n) is 7.01. The molecule has 0 aliphatic heterocycles. The van der Waals surface area contributed by atoms with E-state index < -0.39 is 6.04 Å². The van der Waals surface area contributed by atoms with Gasteiger partial charge in [-0.3, -0.25) is 14.6 Å². The van der Waals surface area contributed by atoms with E-state index >= 15 is 0 Å². The Morgan fingerprint density at radius 2 is 1.50 bits per heavy atom. The van der Waals surface area contributed by atoms with Gasteiger partial charge in [-0.05, 0) is 23.3 Å². The molecule has 3 aromatic rings. The summed E-state index contributed by atoms with van der Waals surface area (Å²) in [5.74, 6) is -0.627. The van der Waals surface area contributed by atoms with E-state index in [9.17, 15) is 9.59 Å². The van der Waals surface area contributed by atoms with Crippen molar-refractivity contribution in [2.45, 2.75) is 24.9 Å². The highest BCUT2D eigenvalue weighted by molar-refractivity contribution is 5.88. The van der Waals surface area contributed by atoms with Crippen LogP contribution in [0.25, 0.3) is 0 Å². The number of pyridine rings is 1. The van der Waals surface area contributed by atoms with Gasteiger partial charge in [-0.1, -0.05) is 66.7 Å². The summed E-state index contributed by atoms with van der Waals surface area (Å²) < 4.78 is 0. The number of carbonyl (C=O) groups is 2. The lowest BCUT2D eigenvalue weighted by Gasteiger charge is -2.24. The van der Waals surface area contributed by atoms with Crippen molar-refractivity contribution in [3.63, 3.8) is 0 Å². The summed E-state index contributed by atoms with van der Waals surface area (Å²) in [6.45, 7) is -0.172. The lowest BCUT2D eigenvalue weighted by Crippen LogP contribution is -2.50. The Balaban J connectivity index is 1.80. The Labute approximate surface area is 176 Å². The Bertz CT molecular complexity index is 933. The molecule has 6 nitrogen and oxygen atoms in total. The molecule has 0 bridgehead atoms. The third kappa shape index (κ3) is 6.25. The summed E-state index contributed by atoms with van der Waals surface area (Å²) in [7, 11) is 0. The molecule has 0 saturated heterocycles. The number of benzene rings is 2. The average molecular weight is 402 g/mol. The van der Waals surface area contributed by atoms with Gasteiger partial charge in [0.2, 0.25) is 11.8 Å². The highest BCUT2D eigenvalue weighted by Gasteiger charge is 2.24. The summed E-state index contributed by atoms with van der Waals surface area (Å²) in [5, 5.41) is 5.84. The molecule has 1 aromatic heterocycles. The van der Waals surface area contributed by atoms with Crippen LogP contribution in [0.1, 0.15) is 22.9 Å². The van der Waals surface area contributed by atoms with Gasteiger partial charge < -0.3 is 16.4 Å². The summed E-state index contributed by atoms with van der Waals surface area (Å²) >= 11 is 0. The number of nitrogens with one attached hydrogen (secondary N) is 2. The van der Waals surface area contributed by atoms with Crippen molar-refractivity contribution in [1.29, 1.82) is 0 Å². The number of nitrogens with zero attached hydrogens (tertiary/aromatic N) is 1. The van der Waals surface area contributed by atoms with Gasteiger partial charge in [-0.15, -0.1) is 0 Å². The third-order valence-corrected chi connectivity index (χ3v) is 4.78. The second-order valence-corrected chi connectivity index (χ2v) is 7.01. The van der Waals surface area contributed by atoms with Gasteiger partial charge in [-0.2, -0.15) is 0 Å². The van der Waals surface area contributed by atoms with Crippen molar-refractivity contribution in [2.75, 3.05) is 6.54 Å². The molecule has 3 rings (SSSR count). The second kappa shape index (κ2) is 10.9. The maximum absolute atomic E-state index is 13.2. The number of aromatic nitrogens is 1.